The number of piperazine rings is 1. The topological polar surface area (TPSA) is 53.0 Å². The van der Waals surface area contributed by atoms with Crippen molar-refractivity contribution in [1.29, 1.82) is 0 Å². The molecule has 0 aromatic heterocycles. The molecule has 100 valence electrons. The van der Waals surface area contributed by atoms with Gasteiger partial charge in [-0.25, -0.2) is 0 Å². The van der Waals surface area contributed by atoms with Crippen LogP contribution in [0, 0.1) is 0 Å². The van der Waals surface area contributed by atoms with Crippen LogP contribution in [-0.4, -0.2) is 73.4 Å². The molecule has 1 saturated heterocycles. The van der Waals surface area contributed by atoms with Gasteiger partial charge in [-0.3, -0.25) is 9.69 Å². The van der Waals surface area contributed by atoms with E-state index >= 15 is 0 Å². The van der Waals surface area contributed by atoms with E-state index in [2.05, 4.69) is 11.8 Å². The Morgan fingerprint density at radius 1 is 1.35 bits per heavy atom. The summed E-state index contributed by atoms with van der Waals surface area (Å²) < 4.78 is 4.91. The predicted molar refractivity (Wildman–Crippen MR) is 65.8 cm³/mol. The number of hydrogen-bond donors (Lipinski definition) is 1. The highest BCUT2D eigenvalue weighted by atomic mass is 16.5. The third-order valence-electron chi connectivity index (χ3n) is 3.39. The zero-order valence-corrected chi connectivity index (χ0v) is 10.9. The Morgan fingerprint density at radius 2 is 2.00 bits per heavy atom. The van der Waals surface area contributed by atoms with E-state index in [0.717, 1.165) is 32.6 Å². The number of aliphatic hydroxyl groups excluding tert-OH is 1. The van der Waals surface area contributed by atoms with Crippen LogP contribution in [0.4, 0.5) is 0 Å². The van der Waals surface area contributed by atoms with Crippen LogP contribution in [-0.2, 0) is 9.53 Å². The number of methoxy groups -OCH3 is 1. The molecule has 1 N–H and O–H groups in total. The van der Waals surface area contributed by atoms with Gasteiger partial charge in [0.15, 0.2) is 0 Å². The molecule has 0 aromatic rings. The fraction of sp³-hybridized carbons (Fsp3) is 0.917. The van der Waals surface area contributed by atoms with Gasteiger partial charge in [-0.1, -0.05) is 6.92 Å². The van der Waals surface area contributed by atoms with Gasteiger partial charge in [0, 0.05) is 39.3 Å². The SMILES string of the molecule is CCC(CO)N1CCN(C(=O)CCOC)CC1. The molecule has 1 unspecified atom stereocenters. The van der Waals surface area contributed by atoms with E-state index in [9.17, 15) is 9.90 Å². The number of aliphatic hydroxyl groups is 1. The molecule has 1 aliphatic heterocycles. The Kier molecular flexibility index (Phi) is 6.47. The highest BCUT2D eigenvalue weighted by Crippen LogP contribution is 2.09. The van der Waals surface area contributed by atoms with Crippen molar-refractivity contribution in [1.82, 2.24) is 9.80 Å². The minimum Gasteiger partial charge on any atom is -0.395 e. The molecule has 0 spiro atoms. The summed E-state index contributed by atoms with van der Waals surface area (Å²) in [6, 6.07) is 0.242. The molecule has 0 aromatic carbocycles. The lowest BCUT2D eigenvalue weighted by Crippen LogP contribution is -2.52. The summed E-state index contributed by atoms with van der Waals surface area (Å²) in [5, 5.41) is 9.23. The molecule has 0 bridgehead atoms. The molecule has 5 nitrogen and oxygen atoms in total. The maximum Gasteiger partial charge on any atom is 0.224 e. The van der Waals surface area contributed by atoms with Crippen molar-refractivity contribution >= 4 is 5.91 Å². The number of ether oxygens (including phenoxy) is 1. The van der Waals surface area contributed by atoms with Crippen LogP contribution < -0.4 is 0 Å². The minimum atomic E-state index is 0.170. The monoisotopic (exact) mass is 244 g/mol. The van der Waals surface area contributed by atoms with Crippen LogP contribution in [0.2, 0.25) is 0 Å². The standard InChI is InChI=1S/C12H24N2O3/c1-3-11(10-15)13-5-7-14(8-6-13)12(16)4-9-17-2/h11,15H,3-10H2,1-2H3. The second-order valence-electron chi connectivity index (χ2n) is 4.40. The fourth-order valence-electron chi connectivity index (χ4n) is 2.19. The van der Waals surface area contributed by atoms with Gasteiger partial charge in [-0.2, -0.15) is 0 Å². The van der Waals surface area contributed by atoms with Crippen molar-refractivity contribution < 1.29 is 14.6 Å². The third-order valence-corrected chi connectivity index (χ3v) is 3.39. The van der Waals surface area contributed by atoms with E-state index in [0.29, 0.717) is 13.0 Å². The van der Waals surface area contributed by atoms with Crippen molar-refractivity contribution in [2.24, 2.45) is 0 Å². The van der Waals surface area contributed by atoms with E-state index in [4.69, 9.17) is 4.74 Å². The van der Waals surface area contributed by atoms with Gasteiger partial charge in [-0.05, 0) is 6.42 Å². The number of rotatable bonds is 6. The lowest BCUT2D eigenvalue weighted by atomic mass is 10.1. The van der Waals surface area contributed by atoms with E-state index < -0.39 is 0 Å². The van der Waals surface area contributed by atoms with Gasteiger partial charge in [-0.15, -0.1) is 0 Å². The normalized spacial score (nSPS) is 19.4. The number of carbonyl (C=O) groups is 1. The maximum atomic E-state index is 11.8. The average molecular weight is 244 g/mol. The van der Waals surface area contributed by atoms with Crippen molar-refractivity contribution in [2.75, 3.05) is 46.5 Å². The first-order chi connectivity index (χ1) is 8.22. The summed E-state index contributed by atoms with van der Waals surface area (Å²) in [5.41, 5.74) is 0. The molecule has 5 heteroatoms. The summed E-state index contributed by atoms with van der Waals surface area (Å²) in [6.07, 6.45) is 1.42. The van der Waals surface area contributed by atoms with E-state index in [1.807, 2.05) is 4.90 Å². The molecular formula is C12H24N2O3. The molecule has 0 saturated carbocycles. The summed E-state index contributed by atoms with van der Waals surface area (Å²) in [4.78, 5) is 15.9. The zero-order valence-electron chi connectivity index (χ0n) is 10.9. The average Bonchev–Trinajstić information content (AvgIpc) is 2.38. The Morgan fingerprint density at radius 3 is 2.47 bits per heavy atom. The summed E-state index contributed by atoms with van der Waals surface area (Å²) in [7, 11) is 1.61. The molecule has 1 rings (SSSR count). The first kappa shape index (κ1) is 14.4. The quantitative estimate of drug-likeness (QED) is 0.711. The fourth-order valence-corrected chi connectivity index (χ4v) is 2.19. The van der Waals surface area contributed by atoms with E-state index in [1.54, 1.807) is 7.11 Å². The summed E-state index contributed by atoms with van der Waals surface area (Å²) in [6.45, 7) is 6.02. The molecule has 0 aliphatic carbocycles. The second kappa shape index (κ2) is 7.63. The smallest absolute Gasteiger partial charge is 0.224 e. The zero-order chi connectivity index (χ0) is 12.7. The van der Waals surface area contributed by atoms with Crippen LogP contribution >= 0.6 is 0 Å². The van der Waals surface area contributed by atoms with Crippen molar-refractivity contribution in [3.63, 3.8) is 0 Å². The molecule has 1 atom stereocenters. The number of amides is 1. The third kappa shape index (κ3) is 4.26. The van der Waals surface area contributed by atoms with Crippen LogP contribution in [0.5, 0.6) is 0 Å². The number of hydrogen-bond acceptors (Lipinski definition) is 4. The van der Waals surface area contributed by atoms with Crippen LogP contribution in [0.15, 0.2) is 0 Å². The van der Waals surface area contributed by atoms with Crippen molar-refractivity contribution in [3.8, 4) is 0 Å². The summed E-state index contributed by atoms with van der Waals surface area (Å²) in [5.74, 6) is 0.170. The van der Waals surface area contributed by atoms with Gasteiger partial charge < -0.3 is 14.7 Å². The van der Waals surface area contributed by atoms with Crippen molar-refractivity contribution in [3.05, 3.63) is 0 Å². The Bertz CT molecular complexity index is 224. The van der Waals surface area contributed by atoms with Crippen LogP contribution in [0.3, 0.4) is 0 Å². The maximum absolute atomic E-state index is 11.8. The first-order valence-corrected chi connectivity index (χ1v) is 6.34. The Hall–Kier alpha value is -0.650. The largest absolute Gasteiger partial charge is 0.395 e. The predicted octanol–water partition coefficient (Wildman–Crippen LogP) is -0.0620. The number of nitrogens with zero attached hydrogens (tertiary/aromatic N) is 2. The molecule has 1 fully saturated rings. The van der Waals surface area contributed by atoms with Gasteiger partial charge in [0.05, 0.1) is 19.6 Å². The lowest BCUT2D eigenvalue weighted by Gasteiger charge is -2.38. The summed E-state index contributed by atoms with van der Waals surface area (Å²) >= 11 is 0. The molecule has 0 radical (unpaired) electrons. The molecule has 1 heterocycles. The molecule has 17 heavy (non-hydrogen) atoms. The number of carbonyl (C=O) groups excluding carboxylic acids is 1. The van der Waals surface area contributed by atoms with E-state index in [1.165, 1.54) is 0 Å². The Labute approximate surface area is 103 Å². The second-order valence-corrected chi connectivity index (χ2v) is 4.40. The first-order valence-electron chi connectivity index (χ1n) is 6.34. The van der Waals surface area contributed by atoms with Gasteiger partial charge in [0.25, 0.3) is 0 Å². The van der Waals surface area contributed by atoms with Crippen LogP contribution in [0.1, 0.15) is 19.8 Å². The van der Waals surface area contributed by atoms with E-state index in [-0.39, 0.29) is 18.6 Å². The molecular weight excluding hydrogens is 220 g/mol. The highest BCUT2D eigenvalue weighted by Gasteiger charge is 2.24. The highest BCUT2D eigenvalue weighted by molar-refractivity contribution is 5.76. The molecule has 1 aliphatic rings. The van der Waals surface area contributed by atoms with Crippen molar-refractivity contribution in [2.45, 2.75) is 25.8 Å². The molecule has 1 amide bonds. The minimum absolute atomic E-state index is 0.170. The van der Waals surface area contributed by atoms with Gasteiger partial charge >= 0.3 is 0 Å². The van der Waals surface area contributed by atoms with Gasteiger partial charge in [0.2, 0.25) is 5.91 Å². The van der Waals surface area contributed by atoms with Gasteiger partial charge in [0.1, 0.15) is 0 Å². The van der Waals surface area contributed by atoms with Crippen LogP contribution in [0.25, 0.3) is 0 Å². The lowest BCUT2D eigenvalue weighted by molar-refractivity contribution is -0.134. The Balaban J connectivity index is 2.32.